The van der Waals surface area contributed by atoms with Crippen molar-refractivity contribution in [3.05, 3.63) is 71.3 Å². The summed E-state index contributed by atoms with van der Waals surface area (Å²) >= 11 is 0. The highest BCUT2D eigenvalue weighted by Gasteiger charge is 2.29. The Morgan fingerprint density at radius 3 is 2.03 bits per heavy atom. The minimum atomic E-state index is -0.389. The van der Waals surface area contributed by atoms with Gasteiger partial charge in [-0.05, 0) is 64.4 Å². The number of nitrogens with zero attached hydrogens (tertiary/aromatic N) is 3. The van der Waals surface area contributed by atoms with Crippen molar-refractivity contribution in [2.24, 2.45) is 0 Å². The summed E-state index contributed by atoms with van der Waals surface area (Å²) < 4.78 is 0. The van der Waals surface area contributed by atoms with Crippen LogP contribution in [0.5, 0.6) is 0 Å². The van der Waals surface area contributed by atoms with Crippen LogP contribution >= 0.6 is 0 Å². The Kier molecular flexibility index (Phi) is 13.9. The number of hydrogen-bond acceptors (Lipinski definition) is 3. The average molecular weight is 503 g/mol. The van der Waals surface area contributed by atoms with Gasteiger partial charge < -0.3 is 32.6 Å². The van der Waals surface area contributed by atoms with Crippen LogP contribution in [-0.2, 0) is 11.3 Å². The van der Waals surface area contributed by atoms with Gasteiger partial charge in [0.2, 0.25) is 5.91 Å². The van der Waals surface area contributed by atoms with Gasteiger partial charge in [-0.15, -0.1) is 0 Å². The van der Waals surface area contributed by atoms with Crippen molar-refractivity contribution in [1.82, 2.24) is 9.80 Å². The fourth-order valence-electron chi connectivity index (χ4n) is 3.73. The number of nitrogens with one attached hydrogen (secondary N) is 1. The summed E-state index contributed by atoms with van der Waals surface area (Å²) in [6.07, 6.45) is 0. The Morgan fingerprint density at radius 1 is 0.971 bits per heavy atom. The van der Waals surface area contributed by atoms with Gasteiger partial charge >= 0.3 is 0 Å². The van der Waals surface area contributed by atoms with Crippen molar-refractivity contribution in [3.8, 4) is 6.07 Å². The smallest absolute Gasteiger partial charge is 0.254 e. The Labute approximate surface area is 216 Å². The topological polar surface area (TPSA) is 100 Å². The van der Waals surface area contributed by atoms with E-state index in [1.807, 2.05) is 56.0 Å². The monoisotopic (exact) mass is 502 g/mol. The second kappa shape index (κ2) is 15.2. The Morgan fingerprint density at radius 2 is 1.54 bits per heavy atom. The Balaban J connectivity index is 0.00000578. The molecule has 0 aliphatic rings. The first-order valence-corrected chi connectivity index (χ1v) is 11.7. The van der Waals surface area contributed by atoms with Crippen molar-refractivity contribution in [2.45, 2.75) is 46.7 Å². The highest BCUT2D eigenvalue weighted by atomic mass is 35.5. The molecular formula is C27H39ClN4O3. The average Bonchev–Trinajstić information content (AvgIpc) is 2.81. The standard InChI is InChI=1S/C27H36N4O2.ClH.H2O/c1-6-29(7-2)17-18-30(26(33)24-15-13-22(19-28)14-16-24)21-25(32)31(27(3,4)5)20-23-11-9-8-10-12-23;;/h8-16H,6-7,17-18,20-21H2,1-5H3;1H;1H2. The van der Waals surface area contributed by atoms with E-state index in [4.69, 9.17) is 5.26 Å². The lowest BCUT2D eigenvalue weighted by molar-refractivity contribution is -0.895. The summed E-state index contributed by atoms with van der Waals surface area (Å²) in [7, 11) is 0. The summed E-state index contributed by atoms with van der Waals surface area (Å²) in [5.41, 5.74) is 1.66. The number of rotatable bonds is 10. The summed E-state index contributed by atoms with van der Waals surface area (Å²) in [5.74, 6) is -0.268. The first kappa shape index (κ1) is 32.1. The van der Waals surface area contributed by atoms with Gasteiger partial charge in [0, 0.05) is 17.6 Å². The molecule has 0 fully saturated rings. The predicted molar refractivity (Wildman–Crippen MR) is 134 cm³/mol. The second-order valence-electron chi connectivity index (χ2n) is 9.26. The molecule has 0 heterocycles. The number of likely N-dealkylation sites (N-methyl/N-ethyl adjacent to an activating group) is 1. The lowest BCUT2D eigenvalue weighted by Gasteiger charge is -2.37. The summed E-state index contributed by atoms with van der Waals surface area (Å²) in [4.78, 5) is 31.7. The lowest BCUT2D eigenvalue weighted by atomic mass is 10.0. The van der Waals surface area contributed by atoms with Crippen LogP contribution < -0.4 is 17.3 Å². The number of benzene rings is 2. The van der Waals surface area contributed by atoms with E-state index in [9.17, 15) is 9.59 Å². The van der Waals surface area contributed by atoms with Gasteiger partial charge in [-0.1, -0.05) is 30.3 Å². The molecule has 0 aromatic heterocycles. The van der Waals surface area contributed by atoms with E-state index < -0.39 is 0 Å². The third-order valence-electron chi connectivity index (χ3n) is 5.90. The number of hydrogen-bond donors (Lipinski definition) is 1. The van der Waals surface area contributed by atoms with Crippen molar-refractivity contribution >= 4 is 11.8 Å². The van der Waals surface area contributed by atoms with Crippen LogP contribution in [0.2, 0.25) is 0 Å². The van der Waals surface area contributed by atoms with Gasteiger partial charge in [0.1, 0.15) is 6.54 Å². The van der Waals surface area contributed by atoms with Crippen LogP contribution in [0.25, 0.3) is 0 Å². The number of carbonyl (C=O) groups is 2. The van der Waals surface area contributed by atoms with Crippen LogP contribution in [0.1, 0.15) is 56.1 Å². The first-order valence-electron chi connectivity index (χ1n) is 11.7. The quantitative estimate of drug-likeness (QED) is 0.448. The van der Waals surface area contributed by atoms with Crippen LogP contribution in [-0.4, -0.2) is 65.4 Å². The molecule has 0 aliphatic carbocycles. The van der Waals surface area contributed by atoms with Gasteiger partial charge in [-0.2, -0.15) is 5.26 Å². The molecule has 35 heavy (non-hydrogen) atoms. The highest BCUT2D eigenvalue weighted by Crippen LogP contribution is 2.18. The number of halogens is 1. The van der Waals surface area contributed by atoms with Crippen LogP contribution in [0.4, 0.5) is 0 Å². The number of amides is 2. The number of quaternary nitrogens is 1. The molecule has 0 aliphatic heterocycles. The molecule has 2 aromatic rings. The molecule has 0 spiro atoms. The molecule has 2 aromatic carbocycles. The lowest BCUT2D eigenvalue weighted by Crippen LogP contribution is -3.12. The molecule has 0 unspecified atom stereocenters. The molecule has 0 bridgehead atoms. The minimum Gasteiger partial charge on any atom is -1.00 e. The van der Waals surface area contributed by atoms with Crippen LogP contribution in [0.3, 0.4) is 0 Å². The molecule has 0 radical (unpaired) electrons. The SMILES string of the molecule is CC[NH+](CC)CCN(CC(=O)N(Cc1ccccc1)C(C)(C)C)C(=O)c1ccc(C#N)cc1.O.[Cl-]. The van der Waals surface area contributed by atoms with E-state index in [1.54, 1.807) is 29.2 Å². The van der Waals surface area contributed by atoms with Gasteiger partial charge in [0.15, 0.2) is 0 Å². The largest absolute Gasteiger partial charge is 1.00 e. The van der Waals surface area contributed by atoms with Gasteiger partial charge in [-0.3, -0.25) is 9.59 Å². The second-order valence-corrected chi connectivity index (χ2v) is 9.26. The molecule has 3 N–H and O–H groups in total. The highest BCUT2D eigenvalue weighted by molar-refractivity contribution is 5.96. The fourth-order valence-corrected chi connectivity index (χ4v) is 3.73. The first-order chi connectivity index (χ1) is 15.7. The van der Waals surface area contributed by atoms with E-state index in [-0.39, 0.29) is 41.8 Å². The maximum Gasteiger partial charge on any atom is 0.254 e. The van der Waals surface area contributed by atoms with E-state index in [0.29, 0.717) is 24.2 Å². The Bertz CT molecular complexity index is 949. The number of nitriles is 1. The zero-order valence-corrected chi connectivity index (χ0v) is 22.2. The van der Waals surface area contributed by atoms with E-state index in [1.165, 1.54) is 4.90 Å². The molecule has 2 rings (SSSR count). The maximum absolute atomic E-state index is 13.5. The number of carbonyl (C=O) groups excluding carboxylic acids is 2. The molecule has 192 valence electrons. The maximum atomic E-state index is 13.5. The van der Waals surface area contributed by atoms with Gasteiger partial charge in [0.25, 0.3) is 5.91 Å². The van der Waals surface area contributed by atoms with Crippen LogP contribution in [0.15, 0.2) is 54.6 Å². The fraction of sp³-hybridized carbons (Fsp3) is 0.444. The van der Waals surface area contributed by atoms with Crippen molar-refractivity contribution in [1.29, 1.82) is 5.26 Å². The van der Waals surface area contributed by atoms with E-state index >= 15 is 0 Å². The zero-order valence-electron chi connectivity index (χ0n) is 21.5. The van der Waals surface area contributed by atoms with Crippen molar-refractivity contribution < 1.29 is 32.4 Å². The van der Waals surface area contributed by atoms with Crippen molar-refractivity contribution in [2.75, 3.05) is 32.7 Å². The Hall–Kier alpha value is -2.92. The van der Waals surface area contributed by atoms with Crippen LogP contribution in [0, 0.1) is 11.3 Å². The third kappa shape index (κ3) is 9.69. The summed E-state index contributed by atoms with van der Waals surface area (Å²) in [6, 6.07) is 18.6. The molecule has 0 atom stereocenters. The normalized spacial score (nSPS) is 10.5. The van der Waals surface area contributed by atoms with Gasteiger partial charge in [-0.25, -0.2) is 0 Å². The molecule has 7 nitrogen and oxygen atoms in total. The summed E-state index contributed by atoms with van der Waals surface area (Å²) in [5, 5.41) is 9.05. The van der Waals surface area contributed by atoms with Gasteiger partial charge in [0.05, 0.1) is 37.8 Å². The third-order valence-corrected chi connectivity index (χ3v) is 5.90. The van der Waals surface area contributed by atoms with Crippen molar-refractivity contribution in [3.63, 3.8) is 0 Å². The predicted octanol–water partition coefficient (Wildman–Crippen LogP) is -1.07. The molecule has 8 heteroatoms. The van der Waals surface area contributed by atoms with E-state index in [2.05, 4.69) is 19.9 Å². The molecule has 2 amide bonds. The van der Waals surface area contributed by atoms with E-state index in [0.717, 1.165) is 25.2 Å². The zero-order chi connectivity index (χ0) is 24.4. The molecular weight excluding hydrogens is 464 g/mol. The molecule has 0 saturated heterocycles. The minimum absolute atomic E-state index is 0. The summed E-state index contributed by atoms with van der Waals surface area (Å²) in [6.45, 7) is 14.0. The molecule has 0 saturated carbocycles.